The number of para-hydroxylation sites is 2. The third-order valence-corrected chi connectivity index (χ3v) is 3.73. The summed E-state index contributed by atoms with van der Waals surface area (Å²) in [6.07, 6.45) is 0. The van der Waals surface area contributed by atoms with Crippen molar-refractivity contribution in [3.05, 3.63) is 63.9 Å². The van der Waals surface area contributed by atoms with Crippen LogP contribution in [0, 0.1) is 0 Å². The van der Waals surface area contributed by atoms with Crippen molar-refractivity contribution in [2.24, 2.45) is 0 Å². The quantitative estimate of drug-likeness (QED) is 0.600. The smallest absolute Gasteiger partial charge is 0.338 e. The number of nitrogens with zero attached hydrogens (tertiary/aromatic N) is 2. The molecule has 1 aromatic heterocycles. The van der Waals surface area contributed by atoms with Crippen LogP contribution in [0.2, 0.25) is 10.0 Å². The van der Waals surface area contributed by atoms with Crippen LogP contribution in [-0.2, 0) is 11.3 Å². The van der Waals surface area contributed by atoms with Crippen LogP contribution in [0.4, 0.5) is 8.78 Å². The minimum atomic E-state index is -2.80. The topological polar surface area (TPSA) is 44.1 Å². The average molecular weight is 371 g/mol. The SMILES string of the molecule is O=C(OCc1nc2ccccc2n1C(F)F)c1cc(Cl)cc(Cl)c1. The number of hydrogen-bond acceptors (Lipinski definition) is 3. The summed E-state index contributed by atoms with van der Waals surface area (Å²) in [6.45, 7) is -3.20. The zero-order valence-electron chi connectivity index (χ0n) is 12.0. The standard InChI is InChI=1S/C16H10Cl2F2N2O2/c17-10-5-9(6-11(18)7-10)15(23)24-8-14-21-12-3-1-2-4-13(12)22(14)16(19)20/h1-7,16H,8H2. The van der Waals surface area contributed by atoms with Crippen molar-refractivity contribution < 1.29 is 18.3 Å². The van der Waals surface area contributed by atoms with E-state index in [0.717, 1.165) is 4.57 Å². The lowest BCUT2D eigenvalue weighted by Crippen LogP contribution is -2.10. The van der Waals surface area contributed by atoms with Crippen molar-refractivity contribution in [1.29, 1.82) is 0 Å². The molecular formula is C16H10Cl2F2N2O2. The monoisotopic (exact) mass is 370 g/mol. The third-order valence-electron chi connectivity index (χ3n) is 3.29. The molecule has 3 rings (SSSR count). The first kappa shape index (κ1) is 16.7. The third kappa shape index (κ3) is 3.34. The van der Waals surface area contributed by atoms with Gasteiger partial charge in [0.2, 0.25) is 0 Å². The van der Waals surface area contributed by atoms with Gasteiger partial charge in [-0.3, -0.25) is 4.57 Å². The molecule has 0 spiro atoms. The molecule has 0 atom stereocenters. The number of esters is 1. The maximum absolute atomic E-state index is 13.3. The molecule has 0 saturated heterocycles. The van der Waals surface area contributed by atoms with E-state index >= 15 is 0 Å². The fourth-order valence-electron chi connectivity index (χ4n) is 2.30. The molecule has 0 aliphatic heterocycles. The lowest BCUT2D eigenvalue weighted by Gasteiger charge is -2.09. The van der Waals surface area contributed by atoms with Crippen LogP contribution in [0.5, 0.6) is 0 Å². The number of hydrogen-bond donors (Lipinski definition) is 0. The Morgan fingerprint density at radius 3 is 2.50 bits per heavy atom. The van der Waals surface area contributed by atoms with Gasteiger partial charge < -0.3 is 4.74 Å². The van der Waals surface area contributed by atoms with Crippen LogP contribution in [0.25, 0.3) is 11.0 Å². The molecule has 1 heterocycles. The highest BCUT2D eigenvalue weighted by Gasteiger charge is 2.19. The van der Waals surface area contributed by atoms with Gasteiger partial charge in [0, 0.05) is 10.0 Å². The molecule has 0 amide bonds. The molecule has 0 radical (unpaired) electrons. The van der Waals surface area contributed by atoms with Crippen LogP contribution < -0.4 is 0 Å². The van der Waals surface area contributed by atoms with Gasteiger partial charge >= 0.3 is 12.5 Å². The Balaban J connectivity index is 1.85. The van der Waals surface area contributed by atoms with Crippen LogP contribution in [0.15, 0.2) is 42.5 Å². The Labute approximate surface area is 145 Å². The van der Waals surface area contributed by atoms with Gasteiger partial charge in [0.05, 0.1) is 16.6 Å². The van der Waals surface area contributed by atoms with Crippen LogP contribution in [-0.4, -0.2) is 15.5 Å². The summed E-state index contributed by atoms with van der Waals surface area (Å²) in [6, 6.07) is 10.7. The van der Waals surface area contributed by atoms with Gasteiger partial charge in [-0.15, -0.1) is 0 Å². The van der Waals surface area contributed by atoms with E-state index < -0.39 is 19.1 Å². The summed E-state index contributed by atoms with van der Waals surface area (Å²) in [5.74, 6) is -0.778. The second-order valence-corrected chi connectivity index (χ2v) is 5.77. The molecule has 24 heavy (non-hydrogen) atoms. The summed E-state index contributed by atoms with van der Waals surface area (Å²) in [5.41, 5.74) is 0.797. The van der Waals surface area contributed by atoms with Crippen LogP contribution >= 0.6 is 23.2 Å². The predicted molar refractivity (Wildman–Crippen MR) is 86.6 cm³/mol. The van der Waals surface area contributed by atoms with Crippen molar-refractivity contribution >= 4 is 40.2 Å². The predicted octanol–water partition coefficient (Wildman–Crippen LogP) is 5.10. The van der Waals surface area contributed by atoms with E-state index in [9.17, 15) is 13.6 Å². The number of alkyl halides is 2. The molecule has 0 aliphatic carbocycles. The highest BCUT2D eigenvalue weighted by atomic mass is 35.5. The lowest BCUT2D eigenvalue weighted by atomic mass is 10.2. The molecule has 2 aromatic carbocycles. The molecule has 0 unspecified atom stereocenters. The van der Waals surface area contributed by atoms with E-state index in [4.69, 9.17) is 27.9 Å². The van der Waals surface area contributed by atoms with Crippen LogP contribution in [0.3, 0.4) is 0 Å². The Bertz CT molecular complexity index is 892. The molecule has 0 aliphatic rings. The number of halogens is 4. The van der Waals surface area contributed by atoms with E-state index in [1.807, 2.05) is 0 Å². The lowest BCUT2D eigenvalue weighted by molar-refractivity contribution is 0.0387. The maximum Gasteiger partial charge on any atom is 0.338 e. The fraction of sp³-hybridized carbons (Fsp3) is 0.125. The number of aromatic nitrogens is 2. The summed E-state index contributed by atoms with van der Waals surface area (Å²) in [7, 11) is 0. The molecule has 8 heteroatoms. The minimum absolute atomic E-state index is 0.0484. The summed E-state index contributed by atoms with van der Waals surface area (Å²) < 4.78 is 32.4. The second kappa shape index (κ2) is 6.75. The summed E-state index contributed by atoms with van der Waals surface area (Å²) >= 11 is 11.6. The number of fused-ring (bicyclic) bond motifs is 1. The minimum Gasteiger partial charge on any atom is -0.454 e. The maximum atomic E-state index is 13.3. The van der Waals surface area contributed by atoms with Crippen molar-refractivity contribution in [1.82, 2.24) is 9.55 Å². The van der Waals surface area contributed by atoms with Gasteiger partial charge in [-0.1, -0.05) is 35.3 Å². The van der Waals surface area contributed by atoms with Gasteiger partial charge in [0.25, 0.3) is 0 Å². The zero-order chi connectivity index (χ0) is 17.3. The largest absolute Gasteiger partial charge is 0.454 e. The Hall–Kier alpha value is -2.18. The Morgan fingerprint density at radius 2 is 1.83 bits per heavy atom. The van der Waals surface area contributed by atoms with E-state index in [0.29, 0.717) is 5.52 Å². The summed E-state index contributed by atoms with van der Waals surface area (Å²) in [4.78, 5) is 16.1. The number of carbonyl (C=O) groups is 1. The molecular weight excluding hydrogens is 361 g/mol. The first-order valence-electron chi connectivity index (χ1n) is 6.83. The average Bonchev–Trinajstić information content (AvgIpc) is 2.90. The van der Waals surface area contributed by atoms with Gasteiger partial charge in [-0.2, -0.15) is 8.78 Å². The normalized spacial score (nSPS) is 11.2. The number of imidazole rings is 1. The van der Waals surface area contributed by atoms with Gasteiger partial charge in [0.1, 0.15) is 6.61 Å². The molecule has 0 fully saturated rings. The highest BCUT2D eigenvalue weighted by Crippen LogP contribution is 2.24. The number of rotatable bonds is 4. The summed E-state index contributed by atoms with van der Waals surface area (Å²) in [5, 5.41) is 0.545. The fourth-order valence-corrected chi connectivity index (χ4v) is 2.83. The molecule has 3 aromatic rings. The Morgan fingerprint density at radius 1 is 1.17 bits per heavy atom. The first-order valence-corrected chi connectivity index (χ1v) is 7.58. The molecule has 124 valence electrons. The molecule has 0 saturated carbocycles. The second-order valence-electron chi connectivity index (χ2n) is 4.90. The molecule has 0 N–H and O–H groups in total. The van der Waals surface area contributed by atoms with Crippen molar-refractivity contribution in [3.8, 4) is 0 Å². The van der Waals surface area contributed by atoms with Crippen LogP contribution in [0.1, 0.15) is 22.7 Å². The van der Waals surface area contributed by atoms with E-state index in [1.54, 1.807) is 18.2 Å². The van der Waals surface area contributed by atoms with Crippen molar-refractivity contribution in [2.45, 2.75) is 13.2 Å². The van der Waals surface area contributed by atoms with Gasteiger partial charge in [0.15, 0.2) is 5.82 Å². The Kier molecular flexibility index (Phi) is 4.69. The van der Waals surface area contributed by atoms with Gasteiger partial charge in [-0.05, 0) is 30.3 Å². The number of benzene rings is 2. The van der Waals surface area contributed by atoms with E-state index in [2.05, 4.69) is 4.98 Å². The van der Waals surface area contributed by atoms with E-state index in [-0.39, 0.29) is 26.9 Å². The number of ether oxygens (including phenoxy) is 1. The molecule has 4 nitrogen and oxygen atoms in total. The zero-order valence-corrected chi connectivity index (χ0v) is 13.6. The van der Waals surface area contributed by atoms with E-state index in [1.165, 1.54) is 24.3 Å². The van der Waals surface area contributed by atoms with Crippen molar-refractivity contribution in [2.75, 3.05) is 0 Å². The highest BCUT2D eigenvalue weighted by molar-refractivity contribution is 6.35. The first-order chi connectivity index (χ1) is 11.5. The van der Waals surface area contributed by atoms with Gasteiger partial charge in [-0.25, -0.2) is 9.78 Å². The van der Waals surface area contributed by atoms with Crippen molar-refractivity contribution in [3.63, 3.8) is 0 Å². The molecule has 0 bridgehead atoms. The number of carbonyl (C=O) groups excluding carboxylic acids is 1.